The van der Waals surface area contributed by atoms with Gasteiger partial charge in [0.25, 0.3) is 6.29 Å². The first-order chi connectivity index (χ1) is 15.7. The largest absolute Gasteiger partial charge is 0.417 e. The van der Waals surface area contributed by atoms with Gasteiger partial charge in [0.15, 0.2) is 0 Å². The normalized spacial score (nSPS) is 11.5. The first-order valence-corrected chi connectivity index (χ1v) is 10.4. The first kappa shape index (κ1) is 19.8. The third kappa shape index (κ3) is 3.79. The summed E-state index contributed by atoms with van der Waals surface area (Å²) >= 11 is 0. The zero-order valence-corrected chi connectivity index (χ0v) is 17.2. The number of carbonyl (C=O) groups is 2. The molecule has 0 N–H and O–H groups in total. The van der Waals surface area contributed by atoms with Crippen LogP contribution in [0.2, 0.25) is 0 Å². The third-order valence-corrected chi connectivity index (χ3v) is 5.59. The molecule has 0 saturated carbocycles. The van der Waals surface area contributed by atoms with Gasteiger partial charge in [0.2, 0.25) is 0 Å². The summed E-state index contributed by atoms with van der Waals surface area (Å²) in [5, 5.41) is 0. The predicted octanol–water partition coefficient (Wildman–Crippen LogP) is 5.97. The van der Waals surface area contributed by atoms with Crippen molar-refractivity contribution in [3.05, 3.63) is 131 Å². The molecule has 0 unspecified atom stereocenters. The van der Waals surface area contributed by atoms with Gasteiger partial charge in [0.1, 0.15) is 0 Å². The summed E-state index contributed by atoms with van der Waals surface area (Å²) in [5.41, 5.74) is 5.86. The van der Waals surface area contributed by atoms with Crippen molar-refractivity contribution in [1.82, 2.24) is 0 Å². The van der Waals surface area contributed by atoms with Gasteiger partial charge >= 0.3 is 11.9 Å². The Morgan fingerprint density at radius 2 is 1.12 bits per heavy atom. The Balaban J connectivity index is 1.52. The van der Waals surface area contributed by atoms with E-state index in [1.54, 1.807) is 48.5 Å². The number of esters is 2. The molecule has 0 aromatic heterocycles. The summed E-state index contributed by atoms with van der Waals surface area (Å²) in [6, 6.07) is 31.3. The Hall–Kier alpha value is -4.18. The van der Waals surface area contributed by atoms with E-state index >= 15 is 0 Å². The highest BCUT2D eigenvalue weighted by Gasteiger charge is 2.29. The molecular formula is C28H20O4. The standard InChI is InChI=1S/C28H20O4/c29-26(19-10-3-1-4-11-19)31-28(32-27(30)20-12-5-2-6-13-20)24-17-9-16-23-22-15-8-7-14-21(22)18-25(23)24/h1-17,28H,18H2. The molecule has 0 spiro atoms. The van der Waals surface area contributed by atoms with E-state index in [0.717, 1.165) is 16.7 Å². The molecule has 0 fully saturated rings. The lowest BCUT2D eigenvalue weighted by molar-refractivity contribution is -0.0826. The monoisotopic (exact) mass is 420 g/mol. The van der Waals surface area contributed by atoms with E-state index < -0.39 is 18.2 Å². The van der Waals surface area contributed by atoms with Gasteiger partial charge in [-0.05, 0) is 52.9 Å². The lowest BCUT2D eigenvalue weighted by Gasteiger charge is -2.21. The van der Waals surface area contributed by atoms with Crippen LogP contribution in [0.4, 0.5) is 0 Å². The van der Waals surface area contributed by atoms with Crippen LogP contribution in [-0.4, -0.2) is 11.9 Å². The Kier molecular flexibility index (Phi) is 5.26. The number of fused-ring (bicyclic) bond motifs is 3. The van der Waals surface area contributed by atoms with Crippen molar-refractivity contribution in [2.75, 3.05) is 0 Å². The summed E-state index contributed by atoms with van der Waals surface area (Å²) in [6.45, 7) is 0. The average molecular weight is 420 g/mol. The molecule has 1 aliphatic rings. The van der Waals surface area contributed by atoms with E-state index in [9.17, 15) is 9.59 Å². The van der Waals surface area contributed by atoms with Gasteiger partial charge < -0.3 is 9.47 Å². The van der Waals surface area contributed by atoms with Crippen molar-refractivity contribution in [3.63, 3.8) is 0 Å². The number of benzene rings is 4. The minimum absolute atomic E-state index is 0.393. The number of ether oxygens (including phenoxy) is 2. The van der Waals surface area contributed by atoms with Crippen molar-refractivity contribution in [3.8, 4) is 11.1 Å². The van der Waals surface area contributed by atoms with Crippen LogP contribution in [-0.2, 0) is 15.9 Å². The minimum atomic E-state index is -1.17. The van der Waals surface area contributed by atoms with Gasteiger partial charge in [-0.3, -0.25) is 0 Å². The van der Waals surface area contributed by atoms with E-state index in [0.29, 0.717) is 23.1 Å². The Labute approximate surface area is 186 Å². The number of hydrogen-bond donors (Lipinski definition) is 0. The van der Waals surface area contributed by atoms with Crippen molar-refractivity contribution >= 4 is 11.9 Å². The lowest BCUT2D eigenvalue weighted by Crippen LogP contribution is -2.19. The van der Waals surface area contributed by atoms with Crippen LogP contribution in [0.1, 0.15) is 43.7 Å². The van der Waals surface area contributed by atoms with Crippen molar-refractivity contribution in [1.29, 1.82) is 0 Å². The maximum atomic E-state index is 12.9. The highest BCUT2D eigenvalue weighted by Crippen LogP contribution is 2.41. The summed E-state index contributed by atoms with van der Waals surface area (Å²) in [7, 11) is 0. The van der Waals surface area contributed by atoms with Gasteiger partial charge in [0, 0.05) is 5.56 Å². The topological polar surface area (TPSA) is 52.6 Å². The molecule has 1 aliphatic carbocycles. The molecule has 0 amide bonds. The summed E-state index contributed by atoms with van der Waals surface area (Å²) in [6.07, 6.45) is -0.482. The number of hydrogen-bond acceptors (Lipinski definition) is 4. The Morgan fingerprint density at radius 1 is 0.594 bits per heavy atom. The molecule has 4 heteroatoms. The fourth-order valence-corrected chi connectivity index (χ4v) is 4.03. The van der Waals surface area contributed by atoms with Gasteiger partial charge in [0.05, 0.1) is 11.1 Å². The fraction of sp³-hybridized carbons (Fsp3) is 0.0714. The molecule has 156 valence electrons. The molecule has 5 rings (SSSR count). The Bertz CT molecular complexity index is 1230. The quantitative estimate of drug-likeness (QED) is 0.260. The minimum Gasteiger partial charge on any atom is -0.417 e. The van der Waals surface area contributed by atoms with Crippen LogP contribution < -0.4 is 0 Å². The molecule has 4 aromatic rings. The van der Waals surface area contributed by atoms with Gasteiger partial charge in [-0.15, -0.1) is 0 Å². The van der Waals surface area contributed by atoms with Crippen LogP contribution >= 0.6 is 0 Å². The number of rotatable bonds is 5. The molecule has 0 saturated heterocycles. The molecule has 32 heavy (non-hydrogen) atoms. The van der Waals surface area contributed by atoms with Crippen molar-refractivity contribution in [2.45, 2.75) is 12.7 Å². The van der Waals surface area contributed by atoms with Crippen LogP contribution in [0.25, 0.3) is 11.1 Å². The molecule has 4 aromatic carbocycles. The molecule has 0 radical (unpaired) electrons. The van der Waals surface area contributed by atoms with Crippen LogP contribution in [0.15, 0.2) is 103 Å². The molecule has 4 nitrogen and oxygen atoms in total. The summed E-state index contributed by atoms with van der Waals surface area (Å²) in [4.78, 5) is 25.7. The van der Waals surface area contributed by atoms with Crippen LogP contribution in [0.3, 0.4) is 0 Å². The van der Waals surface area contributed by atoms with E-state index in [1.807, 2.05) is 42.5 Å². The number of carbonyl (C=O) groups excluding carboxylic acids is 2. The summed E-state index contributed by atoms with van der Waals surface area (Å²) in [5.74, 6) is -1.10. The lowest BCUT2D eigenvalue weighted by atomic mass is 10.0. The van der Waals surface area contributed by atoms with Crippen molar-refractivity contribution < 1.29 is 19.1 Å². The van der Waals surface area contributed by atoms with Crippen LogP contribution in [0.5, 0.6) is 0 Å². The zero-order chi connectivity index (χ0) is 21.9. The second kappa shape index (κ2) is 8.52. The maximum absolute atomic E-state index is 12.9. The molecule has 0 bridgehead atoms. The molecular weight excluding hydrogens is 400 g/mol. The fourth-order valence-electron chi connectivity index (χ4n) is 4.03. The molecule has 0 atom stereocenters. The SMILES string of the molecule is O=C(OC(OC(=O)c1ccccc1)c1cccc2c1Cc1ccccc1-2)c1ccccc1. The van der Waals surface area contributed by atoms with E-state index in [2.05, 4.69) is 12.1 Å². The zero-order valence-electron chi connectivity index (χ0n) is 17.2. The Morgan fingerprint density at radius 3 is 1.75 bits per heavy atom. The second-order valence-electron chi connectivity index (χ2n) is 7.58. The maximum Gasteiger partial charge on any atom is 0.341 e. The first-order valence-electron chi connectivity index (χ1n) is 10.4. The average Bonchev–Trinajstić information content (AvgIpc) is 3.23. The molecule has 0 heterocycles. The predicted molar refractivity (Wildman–Crippen MR) is 121 cm³/mol. The third-order valence-electron chi connectivity index (χ3n) is 5.59. The van der Waals surface area contributed by atoms with E-state index in [-0.39, 0.29) is 0 Å². The summed E-state index contributed by atoms with van der Waals surface area (Å²) < 4.78 is 11.5. The highest BCUT2D eigenvalue weighted by molar-refractivity contribution is 5.91. The van der Waals surface area contributed by atoms with Gasteiger partial charge in [-0.2, -0.15) is 0 Å². The van der Waals surface area contributed by atoms with Gasteiger partial charge in [-0.25, -0.2) is 9.59 Å². The smallest absolute Gasteiger partial charge is 0.341 e. The molecule has 0 aliphatic heterocycles. The van der Waals surface area contributed by atoms with E-state index in [1.165, 1.54) is 5.56 Å². The van der Waals surface area contributed by atoms with E-state index in [4.69, 9.17) is 9.47 Å². The second-order valence-corrected chi connectivity index (χ2v) is 7.58. The van der Waals surface area contributed by atoms with Crippen molar-refractivity contribution in [2.24, 2.45) is 0 Å². The van der Waals surface area contributed by atoms with Crippen LogP contribution in [0, 0.1) is 0 Å². The van der Waals surface area contributed by atoms with Gasteiger partial charge in [-0.1, -0.05) is 78.9 Å². The highest BCUT2D eigenvalue weighted by atomic mass is 16.7.